The summed E-state index contributed by atoms with van der Waals surface area (Å²) in [6, 6.07) is 9.33. The number of fused-ring (bicyclic) bond motifs is 2. The maximum Gasteiger partial charge on any atom is 0.227 e. The molecule has 1 unspecified atom stereocenters. The predicted octanol–water partition coefficient (Wildman–Crippen LogP) is 4.38. The van der Waals surface area contributed by atoms with Gasteiger partial charge in [-0.05, 0) is 31.0 Å². The van der Waals surface area contributed by atoms with Crippen molar-refractivity contribution in [3.63, 3.8) is 0 Å². The molecule has 0 saturated heterocycles. The van der Waals surface area contributed by atoms with Crippen LogP contribution in [0, 0.1) is 5.92 Å². The van der Waals surface area contributed by atoms with Crippen molar-refractivity contribution in [2.24, 2.45) is 5.92 Å². The fraction of sp³-hybridized carbons (Fsp3) is 0.222. The molecule has 3 N–H and O–H groups in total. The number of phenols is 2. The number of anilines is 1. The molecule has 0 radical (unpaired) electrons. The molecule has 4 rings (SSSR count). The average Bonchev–Trinajstić information content (AvgIpc) is 2.93. The highest BCUT2D eigenvalue weighted by Crippen LogP contribution is 2.47. The van der Waals surface area contributed by atoms with E-state index in [0.717, 1.165) is 14.6 Å². The molecule has 0 aliphatic carbocycles. The van der Waals surface area contributed by atoms with Gasteiger partial charge in [-0.2, -0.15) is 0 Å². The zero-order valence-corrected chi connectivity index (χ0v) is 15.1. The summed E-state index contributed by atoms with van der Waals surface area (Å²) in [5.74, 6) is -0.225. The fourth-order valence-corrected chi connectivity index (χ4v) is 5.00. The van der Waals surface area contributed by atoms with Gasteiger partial charge in [0, 0.05) is 11.5 Å². The van der Waals surface area contributed by atoms with Crippen molar-refractivity contribution in [3.8, 4) is 11.5 Å². The Balaban J connectivity index is 1.73. The molecule has 1 aromatic heterocycles. The summed E-state index contributed by atoms with van der Waals surface area (Å²) >= 11 is 2.86. The minimum absolute atomic E-state index is 0.0288. The minimum atomic E-state index is -0.161. The average molecular weight is 372 g/mol. The zero-order valence-electron chi connectivity index (χ0n) is 13.4. The van der Waals surface area contributed by atoms with Crippen LogP contribution in [0.2, 0.25) is 0 Å². The number of benzene rings is 2. The van der Waals surface area contributed by atoms with Gasteiger partial charge in [0.05, 0.1) is 20.8 Å². The summed E-state index contributed by atoms with van der Waals surface area (Å²) in [6.07, 6.45) is 1.16. The van der Waals surface area contributed by atoms with Gasteiger partial charge >= 0.3 is 0 Å². The van der Waals surface area contributed by atoms with Crippen LogP contribution in [0.25, 0.3) is 10.2 Å². The molecule has 0 spiro atoms. The molecule has 0 saturated carbocycles. The summed E-state index contributed by atoms with van der Waals surface area (Å²) in [5, 5.41) is 23.8. The van der Waals surface area contributed by atoms with Crippen LogP contribution in [0.15, 0.2) is 39.6 Å². The van der Waals surface area contributed by atoms with E-state index >= 15 is 0 Å². The highest BCUT2D eigenvalue weighted by molar-refractivity contribution is 8.01. The summed E-state index contributed by atoms with van der Waals surface area (Å²) in [7, 11) is 0. The Hall–Kier alpha value is -2.25. The van der Waals surface area contributed by atoms with Crippen LogP contribution < -0.4 is 5.32 Å². The van der Waals surface area contributed by atoms with E-state index in [1.165, 1.54) is 29.2 Å². The number of carbonyl (C=O) groups is 1. The standard InChI is InChI=1S/C18H16N2O3S2/c1-9-6-7-10-15(20-17(9)23)12(21)8-14(16(10)22)25-18-19-11-4-2-3-5-13(11)24-18/h2-5,8-9,21-22H,6-7H2,1H3,(H,20,23). The lowest BCUT2D eigenvalue weighted by Gasteiger charge is -2.14. The third-order valence-corrected chi connectivity index (χ3v) is 6.47. The molecule has 3 aromatic rings. The van der Waals surface area contributed by atoms with Crippen LogP contribution in [0.5, 0.6) is 11.5 Å². The molecule has 128 valence electrons. The highest BCUT2D eigenvalue weighted by atomic mass is 32.2. The molecule has 0 fully saturated rings. The van der Waals surface area contributed by atoms with Crippen LogP contribution in [0.3, 0.4) is 0 Å². The minimum Gasteiger partial charge on any atom is -0.506 e. The van der Waals surface area contributed by atoms with Crippen LogP contribution >= 0.6 is 23.1 Å². The number of nitrogens with zero attached hydrogens (tertiary/aromatic N) is 1. The van der Waals surface area contributed by atoms with E-state index in [0.29, 0.717) is 29.0 Å². The molecule has 1 aliphatic rings. The van der Waals surface area contributed by atoms with Gasteiger partial charge in [-0.25, -0.2) is 4.98 Å². The highest BCUT2D eigenvalue weighted by Gasteiger charge is 2.26. The number of nitrogens with one attached hydrogen (secondary N) is 1. The van der Waals surface area contributed by atoms with Crippen molar-refractivity contribution in [1.82, 2.24) is 4.98 Å². The monoisotopic (exact) mass is 372 g/mol. The topological polar surface area (TPSA) is 82.5 Å². The van der Waals surface area contributed by atoms with Crippen molar-refractivity contribution in [2.45, 2.75) is 29.0 Å². The zero-order chi connectivity index (χ0) is 17.6. The van der Waals surface area contributed by atoms with Crippen molar-refractivity contribution in [3.05, 3.63) is 35.9 Å². The lowest BCUT2D eigenvalue weighted by Crippen LogP contribution is -2.18. The van der Waals surface area contributed by atoms with Gasteiger partial charge in [-0.1, -0.05) is 30.8 Å². The molecule has 1 aliphatic heterocycles. The van der Waals surface area contributed by atoms with Gasteiger partial charge in [0.25, 0.3) is 0 Å². The number of aromatic nitrogens is 1. The van der Waals surface area contributed by atoms with E-state index in [4.69, 9.17) is 0 Å². The number of rotatable bonds is 2. The Morgan fingerprint density at radius 3 is 2.92 bits per heavy atom. The molecule has 2 heterocycles. The fourth-order valence-electron chi connectivity index (χ4n) is 2.87. The van der Waals surface area contributed by atoms with Crippen LogP contribution in [-0.4, -0.2) is 21.1 Å². The van der Waals surface area contributed by atoms with Gasteiger partial charge in [0.2, 0.25) is 5.91 Å². The van der Waals surface area contributed by atoms with Crippen molar-refractivity contribution < 1.29 is 15.0 Å². The van der Waals surface area contributed by atoms with E-state index in [1.807, 2.05) is 31.2 Å². The molecule has 7 heteroatoms. The first kappa shape index (κ1) is 16.2. The quantitative estimate of drug-likeness (QED) is 0.459. The van der Waals surface area contributed by atoms with Crippen molar-refractivity contribution in [2.75, 3.05) is 5.32 Å². The molecule has 5 nitrogen and oxygen atoms in total. The Morgan fingerprint density at radius 1 is 1.32 bits per heavy atom. The van der Waals surface area contributed by atoms with Crippen LogP contribution in [0.1, 0.15) is 18.9 Å². The summed E-state index contributed by atoms with van der Waals surface area (Å²) in [5.41, 5.74) is 1.82. The summed E-state index contributed by atoms with van der Waals surface area (Å²) < 4.78 is 1.87. The Bertz CT molecular complexity index is 951. The number of carbonyl (C=O) groups excluding carboxylic acids is 1. The second-order valence-corrected chi connectivity index (χ2v) is 8.39. The first-order valence-corrected chi connectivity index (χ1v) is 9.58. The summed E-state index contributed by atoms with van der Waals surface area (Å²) in [6.45, 7) is 1.84. The molecule has 0 bridgehead atoms. The number of hydrogen-bond donors (Lipinski definition) is 3. The Kier molecular flexibility index (Phi) is 4.05. The number of hydrogen-bond acceptors (Lipinski definition) is 6. The molecule has 1 amide bonds. The Morgan fingerprint density at radius 2 is 2.12 bits per heavy atom. The molecular weight excluding hydrogens is 356 g/mol. The number of phenolic OH excluding ortho intramolecular Hbond substituents is 2. The lowest BCUT2D eigenvalue weighted by atomic mass is 10.0. The van der Waals surface area contributed by atoms with Gasteiger partial charge in [-0.3, -0.25) is 4.79 Å². The van der Waals surface area contributed by atoms with Gasteiger partial charge in [0.1, 0.15) is 11.5 Å². The first-order chi connectivity index (χ1) is 12.0. The van der Waals surface area contributed by atoms with Crippen LogP contribution in [0.4, 0.5) is 5.69 Å². The smallest absolute Gasteiger partial charge is 0.227 e. The number of thiazole rings is 1. The molecule has 2 aromatic carbocycles. The maximum atomic E-state index is 12.0. The number of amides is 1. The second kappa shape index (κ2) is 6.24. The first-order valence-electron chi connectivity index (χ1n) is 7.95. The maximum absolute atomic E-state index is 12.0. The molecule has 25 heavy (non-hydrogen) atoms. The summed E-state index contributed by atoms with van der Waals surface area (Å²) in [4.78, 5) is 17.1. The van der Waals surface area contributed by atoms with Crippen molar-refractivity contribution >= 4 is 44.9 Å². The third-order valence-electron chi connectivity index (χ3n) is 4.34. The van der Waals surface area contributed by atoms with Gasteiger partial charge in [0.15, 0.2) is 4.34 Å². The van der Waals surface area contributed by atoms with E-state index in [2.05, 4.69) is 10.3 Å². The molecule has 1 atom stereocenters. The lowest BCUT2D eigenvalue weighted by molar-refractivity contribution is -0.119. The van der Waals surface area contributed by atoms with Gasteiger partial charge in [-0.15, -0.1) is 11.3 Å². The van der Waals surface area contributed by atoms with E-state index in [-0.39, 0.29) is 23.3 Å². The van der Waals surface area contributed by atoms with E-state index in [9.17, 15) is 15.0 Å². The number of para-hydroxylation sites is 1. The second-order valence-electron chi connectivity index (χ2n) is 6.07. The normalized spacial score (nSPS) is 17.2. The van der Waals surface area contributed by atoms with E-state index in [1.54, 1.807) is 0 Å². The predicted molar refractivity (Wildman–Crippen MR) is 99.6 cm³/mol. The number of aromatic hydroxyl groups is 2. The Labute approximate surface area is 152 Å². The largest absolute Gasteiger partial charge is 0.506 e. The van der Waals surface area contributed by atoms with Crippen molar-refractivity contribution in [1.29, 1.82) is 0 Å². The van der Waals surface area contributed by atoms with Gasteiger partial charge < -0.3 is 15.5 Å². The SMILES string of the molecule is CC1CCc2c(O)c(Sc3nc4ccccc4s3)cc(O)c2NC1=O. The van der Waals surface area contributed by atoms with E-state index < -0.39 is 0 Å². The molecular formula is C18H16N2O3S2. The van der Waals surface area contributed by atoms with Crippen LogP contribution in [-0.2, 0) is 11.2 Å². The third kappa shape index (κ3) is 2.94.